The van der Waals surface area contributed by atoms with E-state index in [2.05, 4.69) is 5.10 Å². The summed E-state index contributed by atoms with van der Waals surface area (Å²) in [6.45, 7) is 6.43. The van der Waals surface area contributed by atoms with Gasteiger partial charge < -0.3 is 15.4 Å². The van der Waals surface area contributed by atoms with E-state index in [0.29, 0.717) is 12.3 Å². The van der Waals surface area contributed by atoms with Gasteiger partial charge in [0.05, 0.1) is 23.9 Å². The van der Waals surface area contributed by atoms with E-state index in [9.17, 15) is 4.79 Å². The third kappa shape index (κ3) is 4.38. The minimum atomic E-state index is 0.198. The number of amides is 1. The van der Waals surface area contributed by atoms with Gasteiger partial charge in [-0.2, -0.15) is 5.10 Å². The van der Waals surface area contributed by atoms with Gasteiger partial charge in [0.15, 0.2) is 0 Å². The van der Waals surface area contributed by atoms with Gasteiger partial charge in [0.2, 0.25) is 5.91 Å². The lowest BCUT2D eigenvalue weighted by Gasteiger charge is -2.38. The Balaban J connectivity index is 1.37. The zero-order valence-electron chi connectivity index (χ0n) is 17.5. The molecule has 1 aromatic heterocycles. The van der Waals surface area contributed by atoms with Crippen LogP contribution >= 0.6 is 0 Å². The molecule has 1 aromatic carbocycles. The van der Waals surface area contributed by atoms with E-state index in [-0.39, 0.29) is 18.1 Å². The first kappa shape index (κ1) is 20.1. The van der Waals surface area contributed by atoms with Crippen LogP contribution in [0.15, 0.2) is 30.3 Å². The van der Waals surface area contributed by atoms with Gasteiger partial charge in [-0.05, 0) is 57.6 Å². The van der Waals surface area contributed by atoms with E-state index >= 15 is 0 Å². The maximum Gasteiger partial charge on any atom is 0.227 e. The van der Waals surface area contributed by atoms with Gasteiger partial charge in [-0.15, -0.1) is 0 Å². The Kier molecular flexibility index (Phi) is 6.01. The van der Waals surface area contributed by atoms with Gasteiger partial charge in [-0.1, -0.05) is 18.2 Å². The highest BCUT2D eigenvalue weighted by molar-refractivity contribution is 5.79. The van der Waals surface area contributed by atoms with Crippen LogP contribution in [0.1, 0.15) is 42.6 Å². The smallest absolute Gasteiger partial charge is 0.227 e. The van der Waals surface area contributed by atoms with Gasteiger partial charge in [0, 0.05) is 37.0 Å². The van der Waals surface area contributed by atoms with E-state index in [1.165, 1.54) is 0 Å². The molecule has 156 valence electrons. The fourth-order valence-corrected chi connectivity index (χ4v) is 4.72. The largest absolute Gasteiger partial charge is 0.378 e. The molecule has 0 saturated carbocycles. The number of ether oxygens (including phenoxy) is 1. The molecule has 3 heterocycles. The van der Waals surface area contributed by atoms with Gasteiger partial charge in [-0.25, -0.2) is 4.68 Å². The molecular weight excluding hydrogens is 364 g/mol. The number of likely N-dealkylation sites (tertiary alicyclic amines) is 1. The van der Waals surface area contributed by atoms with Crippen molar-refractivity contribution in [3.05, 3.63) is 47.3 Å². The summed E-state index contributed by atoms with van der Waals surface area (Å²) < 4.78 is 7.90. The third-order valence-corrected chi connectivity index (χ3v) is 6.54. The summed E-state index contributed by atoms with van der Waals surface area (Å²) in [7, 11) is 0. The van der Waals surface area contributed by atoms with Crippen LogP contribution in [0.4, 0.5) is 0 Å². The molecule has 2 atom stereocenters. The number of para-hydroxylation sites is 1. The predicted octanol–water partition coefficient (Wildman–Crippen LogP) is 2.78. The molecule has 6 heteroatoms. The lowest BCUT2D eigenvalue weighted by Crippen LogP contribution is -2.45. The summed E-state index contributed by atoms with van der Waals surface area (Å²) >= 11 is 0. The molecule has 0 radical (unpaired) electrons. The average molecular weight is 397 g/mol. The van der Waals surface area contributed by atoms with Crippen molar-refractivity contribution in [1.29, 1.82) is 0 Å². The van der Waals surface area contributed by atoms with Crippen molar-refractivity contribution in [2.45, 2.75) is 58.1 Å². The number of aromatic nitrogens is 2. The van der Waals surface area contributed by atoms with Crippen molar-refractivity contribution < 1.29 is 9.53 Å². The maximum atomic E-state index is 13.0. The topological polar surface area (TPSA) is 73.4 Å². The molecule has 4 rings (SSSR count). The van der Waals surface area contributed by atoms with Crippen LogP contribution in [-0.4, -0.2) is 52.4 Å². The normalized spacial score (nSPS) is 23.3. The Morgan fingerprint density at radius 3 is 2.59 bits per heavy atom. The molecule has 6 nitrogen and oxygen atoms in total. The van der Waals surface area contributed by atoms with Gasteiger partial charge in [0.25, 0.3) is 0 Å². The molecule has 0 spiro atoms. The minimum Gasteiger partial charge on any atom is -0.378 e. The Morgan fingerprint density at radius 1 is 1.17 bits per heavy atom. The van der Waals surface area contributed by atoms with Crippen LogP contribution in [0, 0.1) is 19.8 Å². The Morgan fingerprint density at radius 2 is 1.90 bits per heavy atom. The summed E-state index contributed by atoms with van der Waals surface area (Å²) in [5.74, 6) is 0.721. The lowest BCUT2D eigenvalue weighted by atomic mass is 9.86. The SMILES string of the molecule is Cc1nn(-c2ccccc2)c(C)c1CC(=O)N1CCC(C2CC(N)CCO2)CC1. The molecule has 2 saturated heterocycles. The molecule has 2 fully saturated rings. The number of hydrogen-bond donors (Lipinski definition) is 1. The number of carbonyl (C=O) groups is 1. The number of nitrogens with two attached hydrogens (primary N) is 1. The summed E-state index contributed by atoms with van der Waals surface area (Å²) in [5.41, 5.74) is 10.2. The van der Waals surface area contributed by atoms with Crippen LogP contribution in [0.25, 0.3) is 5.69 Å². The molecule has 29 heavy (non-hydrogen) atoms. The molecule has 2 unspecified atom stereocenters. The van der Waals surface area contributed by atoms with Crippen molar-refractivity contribution >= 4 is 5.91 Å². The van der Waals surface area contributed by atoms with Crippen LogP contribution < -0.4 is 5.73 Å². The summed E-state index contributed by atoms with van der Waals surface area (Å²) in [6, 6.07) is 10.3. The fraction of sp³-hybridized carbons (Fsp3) is 0.565. The maximum absolute atomic E-state index is 13.0. The highest BCUT2D eigenvalue weighted by Gasteiger charge is 2.32. The summed E-state index contributed by atoms with van der Waals surface area (Å²) in [5, 5.41) is 4.68. The molecule has 2 aliphatic heterocycles. The molecule has 2 aliphatic rings. The number of benzene rings is 1. The second kappa shape index (κ2) is 8.67. The Hall–Kier alpha value is -2.18. The van der Waals surface area contributed by atoms with Crippen LogP contribution in [0.2, 0.25) is 0 Å². The minimum absolute atomic E-state index is 0.198. The number of nitrogens with zero attached hydrogens (tertiary/aromatic N) is 3. The van der Waals surface area contributed by atoms with E-state index in [4.69, 9.17) is 10.5 Å². The summed E-state index contributed by atoms with van der Waals surface area (Å²) in [4.78, 5) is 15.0. The first-order valence-electron chi connectivity index (χ1n) is 10.8. The first-order chi connectivity index (χ1) is 14.0. The molecule has 2 aromatic rings. The zero-order chi connectivity index (χ0) is 20.4. The van der Waals surface area contributed by atoms with Gasteiger partial charge >= 0.3 is 0 Å². The van der Waals surface area contributed by atoms with E-state index in [1.807, 2.05) is 53.8 Å². The number of hydrogen-bond acceptors (Lipinski definition) is 4. The monoisotopic (exact) mass is 396 g/mol. The Bertz CT molecular complexity index is 840. The van der Waals surface area contributed by atoms with E-state index in [1.54, 1.807) is 0 Å². The third-order valence-electron chi connectivity index (χ3n) is 6.54. The van der Waals surface area contributed by atoms with Crippen molar-refractivity contribution in [1.82, 2.24) is 14.7 Å². The summed E-state index contributed by atoms with van der Waals surface area (Å²) in [6.07, 6.45) is 4.61. The molecular formula is C23H32N4O2. The quantitative estimate of drug-likeness (QED) is 0.862. The van der Waals surface area contributed by atoms with Crippen molar-refractivity contribution in [2.75, 3.05) is 19.7 Å². The zero-order valence-corrected chi connectivity index (χ0v) is 17.5. The number of carbonyl (C=O) groups excluding carboxylic acids is 1. The highest BCUT2D eigenvalue weighted by Crippen LogP contribution is 2.29. The number of rotatable bonds is 4. The van der Waals surface area contributed by atoms with E-state index in [0.717, 1.165) is 68.0 Å². The number of piperidine rings is 1. The Labute approximate surface area is 173 Å². The first-order valence-corrected chi connectivity index (χ1v) is 10.8. The van der Waals surface area contributed by atoms with Crippen LogP contribution in [0.5, 0.6) is 0 Å². The molecule has 2 N–H and O–H groups in total. The van der Waals surface area contributed by atoms with Gasteiger partial charge in [-0.3, -0.25) is 4.79 Å². The highest BCUT2D eigenvalue weighted by atomic mass is 16.5. The average Bonchev–Trinajstić information content (AvgIpc) is 3.03. The second-order valence-corrected chi connectivity index (χ2v) is 8.49. The molecule has 1 amide bonds. The standard InChI is InChI=1S/C23H32N4O2/c1-16-21(17(2)27(25-16)20-6-4-3-5-7-20)15-23(28)26-11-8-18(9-12-26)22-14-19(24)10-13-29-22/h3-7,18-19,22H,8-15,24H2,1-2H3. The second-order valence-electron chi connectivity index (χ2n) is 8.49. The fourth-order valence-electron chi connectivity index (χ4n) is 4.72. The van der Waals surface area contributed by atoms with Gasteiger partial charge in [0.1, 0.15) is 0 Å². The number of aryl methyl sites for hydroxylation is 1. The van der Waals surface area contributed by atoms with Crippen LogP contribution in [0.3, 0.4) is 0 Å². The predicted molar refractivity (Wildman–Crippen MR) is 113 cm³/mol. The van der Waals surface area contributed by atoms with Crippen molar-refractivity contribution in [3.8, 4) is 5.69 Å². The van der Waals surface area contributed by atoms with Crippen molar-refractivity contribution in [2.24, 2.45) is 11.7 Å². The lowest BCUT2D eigenvalue weighted by molar-refractivity contribution is -0.133. The molecule has 0 aliphatic carbocycles. The van der Waals surface area contributed by atoms with Crippen LogP contribution in [-0.2, 0) is 16.0 Å². The van der Waals surface area contributed by atoms with Crippen molar-refractivity contribution in [3.63, 3.8) is 0 Å². The van der Waals surface area contributed by atoms with E-state index < -0.39 is 0 Å². The molecule has 0 bridgehead atoms.